The summed E-state index contributed by atoms with van der Waals surface area (Å²) in [5.74, 6) is -1.11. The Bertz CT molecular complexity index is 1270. The van der Waals surface area contributed by atoms with Crippen molar-refractivity contribution in [1.29, 1.82) is 0 Å². The molecule has 2 N–H and O–H groups in total. The van der Waals surface area contributed by atoms with E-state index in [2.05, 4.69) is 15.0 Å². The third-order valence-corrected chi connectivity index (χ3v) is 5.93. The SMILES string of the molecule is CCC(=O)N1Cc2cc(C(=O)NCC(F)(F)F)nc(-c3cccc(-c4cncnc4)c3)c2[C@@H]1CCO. The molecule has 3 aromatic rings. The van der Waals surface area contributed by atoms with Crippen LogP contribution in [0, 0.1) is 0 Å². The van der Waals surface area contributed by atoms with E-state index in [4.69, 9.17) is 0 Å². The van der Waals surface area contributed by atoms with E-state index >= 15 is 0 Å². The number of carbonyl (C=O) groups excluding carboxylic acids is 2. The minimum Gasteiger partial charge on any atom is -0.396 e. The number of fused-ring (bicyclic) bond motifs is 1. The third-order valence-electron chi connectivity index (χ3n) is 5.93. The van der Waals surface area contributed by atoms with Crippen LogP contribution in [0.1, 0.15) is 47.4 Å². The summed E-state index contributed by atoms with van der Waals surface area (Å²) in [5, 5.41) is 11.6. The lowest BCUT2D eigenvalue weighted by Crippen LogP contribution is -2.34. The molecule has 0 unspecified atom stereocenters. The fourth-order valence-electron chi connectivity index (χ4n) is 4.35. The number of halogens is 3. The van der Waals surface area contributed by atoms with E-state index < -0.39 is 24.7 Å². The number of benzene rings is 1. The zero-order chi connectivity index (χ0) is 25.9. The number of aromatic nitrogens is 3. The molecule has 0 saturated carbocycles. The first-order valence-electron chi connectivity index (χ1n) is 11.4. The molecule has 0 radical (unpaired) electrons. The average Bonchev–Trinajstić information content (AvgIpc) is 3.25. The highest BCUT2D eigenvalue weighted by molar-refractivity contribution is 5.94. The maximum Gasteiger partial charge on any atom is 0.405 e. The van der Waals surface area contributed by atoms with Gasteiger partial charge < -0.3 is 15.3 Å². The van der Waals surface area contributed by atoms with E-state index in [1.807, 2.05) is 17.4 Å². The smallest absolute Gasteiger partial charge is 0.396 e. The van der Waals surface area contributed by atoms with Crippen LogP contribution in [0.3, 0.4) is 0 Å². The number of aliphatic hydroxyl groups is 1. The second-order valence-corrected chi connectivity index (χ2v) is 8.34. The van der Waals surface area contributed by atoms with E-state index in [1.54, 1.807) is 36.4 Å². The van der Waals surface area contributed by atoms with Gasteiger partial charge in [0.1, 0.15) is 18.6 Å². The maximum atomic E-state index is 12.7. The van der Waals surface area contributed by atoms with Gasteiger partial charge >= 0.3 is 6.18 Å². The van der Waals surface area contributed by atoms with Crippen LogP contribution >= 0.6 is 0 Å². The molecular formula is C25H24F3N5O3. The molecule has 1 aliphatic heterocycles. The number of nitrogens with zero attached hydrogens (tertiary/aromatic N) is 4. The van der Waals surface area contributed by atoms with E-state index in [0.717, 1.165) is 11.1 Å². The fourth-order valence-corrected chi connectivity index (χ4v) is 4.35. The number of rotatable bonds is 7. The minimum atomic E-state index is -4.57. The molecule has 36 heavy (non-hydrogen) atoms. The van der Waals surface area contributed by atoms with Gasteiger partial charge in [-0.1, -0.05) is 25.1 Å². The maximum absolute atomic E-state index is 12.7. The van der Waals surface area contributed by atoms with Gasteiger partial charge in [-0.15, -0.1) is 0 Å². The van der Waals surface area contributed by atoms with Crippen molar-refractivity contribution in [2.24, 2.45) is 0 Å². The Morgan fingerprint density at radius 3 is 2.53 bits per heavy atom. The molecule has 11 heteroatoms. The number of nitrogens with one attached hydrogen (secondary N) is 1. The Kier molecular flexibility index (Phi) is 7.30. The van der Waals surface area contributed by atoms with Crippen molar-refractivity contribution in [2.45, 2.75) is 38.5 Å². The summed E-state index contributed by atoms with van der Waals surface area (Å²) in [4.78, 5) is 39.5. The molecule has 0 fully saturated rings. The van der Waals surface area contributed by atoms with Gasteiger partial charge in [-0.2, -0.15) is 13.2 Å². The van der Waals surface area contributed by atoms with Crippen molar-refractivity contribution in [3.8, 4) is 22.4 Å². The molecule has 0 saturated heterocycles. The summed E-state index contributed by atoms with van der Waals surface area (Å²) in [6.07, 6.45) is 0.601. The highest BCUT2D eigenvalue weighted by Crippen LogP contribution is 2.42. The Hall–Kier alpha value is -3.86. The second-order valence-electron chi connectivity index (χ2n) is 8.34. The number of carbonyl (C=O) groups is 2. The van der Waals surface area contributed by atoms with Crippen LogP contribution in [-0.2, 0) is 11.3 Å². The van der Waals surface area contributed by atoms with Crippen molar-refractivity contribution in [3.05, 3.63) is 65.9 Å². The first kappa shape index (κ1) is 25.2. The van der Waals surface area contributed by atoms with Crippen molar-refractivity contribution in [1.82, 2.24) is 25.2 Å². The summed E-state index contributed by atoms with van der Waals surface area (Å²) in [6.45, 7) is 0.207. The number of aliphatic hydroxyl groups excluding tert-OH is 1. The van der Waals surface area contributed by atoms with Crippen LogP contribution in [0.15, 0.2) is 49.1 Å². The van der Waals surface area contributed by atoms with Gasteiger partial charge in [-0.05, 0) is 29.7 Å². The molecule has 1 atom stereocenters. The Balaban J connectivity index is 1.85. The average molecular weight is 499 g/mol. The van der Waals surface area contributed by atoms with Gasteiger partial charge in [0, 0.05) is 48.7 Å². The second kappa shape index (κ2) is 10.4. The first-order valence-corrected chi connectivity index (χ1v) is 11.4. The van der Waals surface area contributed by atoms with Gasteiger partial charge in [0.05, 0.1) is 11.7 Å². The summed E-state index contributed by atoms with van der Waals surface area (Å²) in [5.41, 5.74) is 3.57. The monoisotopic (exact) mass is 499 g/mol. The van der Waals surface area contributed by atoms with Gasteiger partial charge in [-0.25, -0.2) is 15.0 Å². The summed E-state index contributed by atoms with van der Waals surface area (Å²) >= 11 is 0. The molecule has 188 valence electrons. The number of pyridine rings is 1. The third kappa shape index (κ3) is 5.35. The van der Waals surface area contributed by atoms with Gasteiger partial charge in [-0.3, -0.25) is 9.59 Å². The quantitative estimate of drug-likeness (QED) is 0.514. The van der Waals surface area contributed by atoms with Crippen molar-refractivity contribution in [2.75, 3.05) is 13.2 Å². The molecular weight excluding hydrogens is 475 g/mol. The van der Waals surface area contributed by atoms with Crippen LogP contribution in [0.4, 0.5) is 13.2 Å². The minimum absolute atomic E-state index is 0.145. The lowest BCUT2D eigenvalue weighted by molar-refractivity contribution is -0.133. The van der Waals surface area contributed by atoms with Crippen LogP contribution in [0.5, 0.6) is 0 Å². The number of amides is 2. The van der Waals surface area contributed by atoms with Gasteiger partial charge in [0.2, 0.25) is 5.91 Å². The van der Waals surface area contributed by atoms with Gasteiger partial charge in [0.15, 0.2) is 0 Å². The zero-order valence-corrected chi connectivity index (χ0v) is 19.4. The molecule has 1 aliphatic rings. The molecule has 1 aromatic carbocycles. The number of alkyl halides is 3. The molecule has 3 heterocycles. The lowest BCUT2D eigenvalue weighted by atomic mass is 9.94. The highest BCUT2D eigenvalue weighted by atomic mass is 19.4. The van der Waals surface area contributed by atoms with Gasteiger partial charge in [0.25, 0.3) is 5.91 Å². The van der Waals surface area contributed by atoms with E-state index in [-0.39, 0.29) is 37.6 Å². The fraction of sp³-hybridized carbons (Fsp3) is 0.320. The standard InChI is InChI=1S/C25H24F3N5O3/c1-2-21(35)33-12-17-9-19(24(36)31-13-25(26,27)28)32-23(22(17)20(33)6-7-34)16-5-3-4-15(8-16)18-10-29-14-30-11-18/h3-5,8-11,14,20,34H,2,6-7,12-13H2,1H3,(H,31,36)/t20-/m0/s1. The van der Waals surface area contributed by atoms with Crippen LogP contribution in [0.25, 0.3) is 22.4 Å². The van der Waals surface area contributed by atoms with E-state index in [9.17, 15) is 27.9 Å². The molecule has 2 aromatic heterocycles. The topological polar surface area (TPSA) is 108 Å². The summed E-state index contributed by atoms with van der Waals surface area (Å²) in [6, 6.07) is 8.16. The Morgan fingerprint density at radius 1 is 1.14 bits per heavy atom. The predicted octanol–water partition coefficient (Wildman–Crippen LogP) is 3.67. The lowest BCUT2D eigenvalue weighted by Gasteiger charge is -2.25. The molecule has 4 rings (SSSR count). The van der Waals surface area contributed by atoms with Crippen molar-refractivity contribution < 1.29 is 27.9 Å². The van der Waals surface area contributed by atoms with Crippen LogP contribution in [-0.4, -0.2) is 56.1 Å². The highest BCUT2D eigenvalue weighted by Gasteiger charge is 2.37. The normalized spacial score (nSPS) is 15.0. The van der Waals surface area contributed by atoms with Crippen molar-refractivity contribution >= 4 is 11.8 Å². The van der Waals surface area contributed by atoms with E-state index in [0.29, 0.717) is 22.4 Å². The summed E-state index contributed by atoms with van der Waals surface area (Å²) in [7, 11) is 0. The largest absolute Gasteiger partial charge is 0.405 e. The van der Waals surface area contributed by atoms with Crippen molar-refractivity contribution in [3.63, 3.8) is 0 Å². The Morgan fingerprint density at radius 2 is 1.86 bits per heavy atom. The molecule has 2 amide bonds. The molecule has 0 spiro atoms. The molecule has 0 aliphatic carbocycles. The Labute approximate surface area is 205 Å². The zero-order valence-electron chi connectivity index (χ0n) is 19.4. The first-order chi connectivity index (χ1) is 17.2. The molecule has 0 bridgehead atoms. The van der Waals surface area contributed by atoms with E-state index in [1.165, 1.54) is 12.4 Å². The van der Waals surface area contributed by atoms with Crippen LogP contribution < -0.4 is 5.32 Å². The summed E-state index contributed by atoms with van der Waals surface area (Å²) < 4.78 is 38.1. The number of hydrogen-bond donors (Lipinski definition) is 2. The number of hydrogen-bond acceptors (Lipinski definition) is 6. The predicted molar refractivity (Wildman–Crippen MR) is 124 cm³/mol. The van der Waals surface area contributed by atoms with Crippen LogP contribution in [0.2, 0.25) is 0 Å². The molecule has 8 nitrogen and oxygen atoms in total.